The molecule has 2 amide bonds. The van der Waals surface area contributed by atoms with E-state index in [-0.39, 0.29) is 25.0 Å². The molecule has 0 spiro atoms. The van der Waals surface area contributed by atoms with Crippen LogP contribution < -0.4 is 5.73 Å². The first-order valence-corrected chi connectivity index (χ1v) is 14.3. The fourth-order valence-corrected chi connectivity index (χ4v) is 6.44. The van der Waals surface area contributed by atoms with Gasteiger partial charge in [-0.2, -0.15) is 13.2 Å². The molecule has 4 rings (SSSR count). The Labute approximate surface area is 238 Å². The second-order valence-corrected chi connectivity index (χ2v) is 11.9. The van der Waals surface area contributed by atoms with Crippen LogP contribution >= 0.6 is 0 Å². The molecule has 9 nitrogen and oxygen atoms in total. The molecule has 1 aromatic rings. The van der Waals surface area contributed by atoms with Crippen LogP contribution in [0.25, 0.3) is 0 Å². The number of carbonyl (C=O) groups excluding carboxylic acids is 2. The van der Waals surface area contributed by atoms with Gasteiger partial charge in [0, 0.05) is 37.3 Å². The van der Waals surface area contributed by atoms with Crippen molar-refractivity contribution in [1.29, 1.82) is 0 Å². The van der Waals surface area contributed by atoms with Gasteiger partial charge in [-0.25, -0.2) is 4.79 Å². The smallest absolute Gasteiger partial charge is 0.475 e. The number of rotatable bonds is 10. The van der Waals surface area contributed by atoms with Crippen LogP contribution in [-0.2, 0) is 9.59 Å². The van der Waals surface area contributed by atoms with Gasteiger partial charge in [0.2, 0.25) is 11.8 Å². The van der Waals surface area contributed by atoms with Crippen LogP contribution in [-0.4, -0.2) is 94.0 Å². The van der Waals surface area contributed by atoms with Crippen molar-refractivity contribution in [2.75, 3.05) is 32.8 Å². The number of halogens is 3. The number of aliphatic hydroxyl groups is 2. The largest absolute Gasteiger partial charge is 0.490 e. The van der Waals surface area contributed by atoms with E-state index in [9.17, 15) is 33.0 Å². The van der Waals surface area contributed by atoms with Gasteiger partial charge < -0.3 is 26.0 Å². The number of hydrogen-bond acceptors (Lipinski definition) is 6. The first-order chi connectivity index (χ1) is 19.3. The Hall–Kier alpha value is -2.70. The van der Waals surface area contributed by atoms with Gasteiger partial charge in [-0.15, -0.1) is 0 Å². The molecule has 1 saturated carbocycles. The van der Waals surface area contributed by atoms with Crippen molar-refractivity contribution < 1.29 is 42.9 Å². The van der Waals surface area contributed by atoms with E-state index in [1.165, 1.54) is 18.4 Å². The third-order valence-electron chi connectivity index (χ3n) is 8.85. The average Bonchev–Trinajstić information content (AvgIpc) is 3.54. The monoisotopic (exact) mass is 585 g/mol. The molecule has 5 N–H and O–H groups in total. The van der Waals surface area contributed by atoms with Gasteiger partial charge >= 0.3 is 12.1 Å². The average molecular weight is 586 g/mol. The highest BCUT2D eigenvalue weighted by Crippen LogP contribution is 2.43. The molecule has 12 heteroatoms. The molecule has 2 aliphatic heterocycles. The lowest BCUT2D eigenvalue weighted by molar-refractivity contribution is -0.192. The van der Waals surface area contributed by atoms with E-state index < -0.39 is 17.6 Å². The van der Waals surface area contributed by atoms with Crippen LogP contribution in [0.4, 0.5) is 13.2 Å². The van der Waals surface area contributed by atoms with E-state index >= 15 is 0 Å². The fourth-order valence-electron chi connectivity index (χ4n) is 6.44. The van der Waals surface area contributed by atoms with E-state index in [1.807, 2.05) is 17.0 Å². The Morgan fingerprint density at radius 3 is 2.07 bits per heavy atom. The quantitative estimate of drug-likeness (QED) is 0.330. The minimum Gasteiger partial charge on any atom is -0.475 e. The standard InChI is InChI=1S/C27H41N3O4.C2HF3O2/c1-27(17-31,18-32)26(34)29(16-19-5-2-3-6-19)11-12-30-23-9-10-24(30)15-22(14-23)20-7-4-8-21(13-20)25(28)33;3-2(4,5)1(6)7/h4,7-8,13,19,22-24,31-32H,2-3,5-6,9-12,14-18H2,1H3,(H2,28,33);(H,6,7)/t22?,23-,24+;. The zero-order valence-electron chi connectivity index (χ0n) is 23.5. The normalized spacial score (nSPS) is 23.1. The predicted octanol–water partition coefficient (Wildman–Crippen LogP) is 3.14. The number of carbonyl (C=O) groups is 3. The van der Waals surface area contributed by atoms with E-state index in [0.717, 1.165) is 51.6 Å². The van der Waals surface area contributed by atoms with Crippen LogP contribution in [0.2, 0.25) is 0 Å². The van der Waals surface area contributed by atoms with Crippen molar-refractivity contribution in [3.05, 3.63) is 35.4 Å². The number of nitrogens with two attached hydrogens (primary N) is 1. The molecule has 2 bridgehead atoms. The summed E-state index contributed by atoms with van der Waals surface area (Å²) < 4.78 is 31.7. The molecule has 1 aliphatic carbocycles. The van der Waals surface area contributed by atoms with Crippen molar-refractivity contribution >= 4 is 17.8 Å². The summed E-state index contributed by atoms with van der Waals surface area (Å²) in [4.78, 5) is 38.4. The number of fused-ring (bicyclic) bond motifs is 2. The van der Waals surface area contributed by atoms with Gasteiger partial charge in [-0.1, -0.05) is 25.0 Å². The summed E-state index contributed by atoms with van der Waals surface area (Å²) in [5.74, 6) is -2.32. The highest BCUT2D eigenvalue weighted by molar-refractivity contribution is 5.92. The van der Waals surface area contributed by atoms with Gasteiger partial charge in [0.1, 0.15) is 0 Å². The predicted molar refractivity (Wildman–Crippen MR) is 145 cm³/mol. The van der Waals surface area contributed by atoms with Gasteiger partial charge in [0.25, 0.3) is 0 Å². The number of carboxylic acids is 1. The minimum absolute atomic E-state index is 0.130. The molecule has 41 heavy (non-hydrogen) atoms. The zero-order chi connectivity index (χ0) is 30.4. The lowest BCUT2D eigenvalue weighted by Crippen LogP contribution is -2.52. The van der Waals surface area contributed by atoms with Crippen LogP contribution in [0.15, 0.2) is 24.3 Å². The Bertz CT molecular complexity index is 1040. The molecule has 3 fully saturated rings. The van der Waals surface area contributed by atoms with Crippen LogP contribution in [0.1, 0.15) is 80.1 Å². The SMILES string of the molecule is CC(CO)(CO)C(=O)N(CCN1[C@@H]2CC[C@H]1CC(c1cccc(C(N)=O)c1)C2)CC1CCCC1.O=C(O)C(F)(F)F. The minimum atomic E-state index is -5.08. The summed E-state index contributed by atoms with van der Waals surface area (Å²) >= 11 is 0. The highest BCUT2D eigenvalue weighted by Gasteiger charge is 2.42. The fraction of sp³-hybridized carbons (Fsp3) is 0.690. The molecule has 2 saturated heterocycles. The topological polar surface area (TPSA) is 144 Å². The van der Waals surface area contributed by atoms with Gasteiger partial charge in [0.15, 0.2) is 0 Å². The van der Waals surface area contributed by atoms with Crippen molar-refractivity contribution in [3.63, 3.8) is 0 Å². The molecule has 3 aliphatic rings. The van der Waals surface area contributed by atoms with E-state index in [2.05, 4.69) is 11.0 Å². The lowest BCUT2D eigenvalue weighted by atomic mass is 9.84. The number of hydrogen-bond donors (Lipinski definition) is 4. The summed E-state index contributed by atoms with van der Waals surface area (Å²) in [6, 6.07) is 8.72. The third-order valence-corrected chi connectivity index (χ3v) is 8.85. The summed E-state index contributed by atoms with van der Waals surface area (Å²) in [5.41, 5.74) is 6.14. The number of benzene rings is 1. The summed E-state index contributed by atoms with van der Waals surface area (Å²) in [7, 11) is 0. The van der Waals surface area contributed by atoms with E-state index in [0.29, 0.717) is 36.0 Å². The van der Waals surface area contributed by atoms with Crippen molar-refractivity contribution in [1.82, 2.24) is 9.80 Å². The lowest BCUT2D eigenvalue weighted by Gasteiger charge is -2.41. The van der Waals surface area contributed by atoms with Crippen molar-refractivity contribution in [2.45, 2.75) is 82.5 Å². The Morgan fingerprint density at radius 1 is 1.02 bits per heavy atom. The highest BCUT2D eigenvalue weighted by atomic mass is 19.4. The summed E-state index contributed by atoms with van der Waals surface area (Å²) in [6.07, 6.45) is 4.10. The Morgan fingerprint density at radius 2 is 1.59 bits per heavy atom. The van der Waals surface area contributed by atoms with E-state index in [1.54, 1.807) is 13.0 Å². The number of amides is 2. The molecule has 1 aromatic carbocycles. The maximum Gasteiger partial charge on any atom is 0.490 e. The molecular weight excluding hydrogens is 543 g/mol. The van der Waals surface area contributed by atoms with Crippen LogP contribution in [0.3, 0.4) is 0 Å². The number of aliphatic hydroxyl groups excluding tert-OH is 2. The molecule has 0 aromatic heterocycles. The van der Waals surface area contributed by atoms with Crippen molar-refractivity contribution in [3.8, 4) is 0 Å². The number of piperidine rings is 1. The second kappa shape index (κ2) is 14.0. The Kier molecular flexibility index (Phi) is 11.2. The molecule has 0 radical (unpaired) electrons. The van der Waals surface area contributed by atoms with Crippen molar-refractivity contribution in [2.24, 2.45) is 17.1 Å². The van der Waals surface area contributed by atoms with Gasteiger partial charge in [-0.05, 0) is 75.0 Å². The van der Waals surface area contributed by atoms with Crippen LogP contribution in [0.5, 0.6) is 0 Å². The molecule has 3 atom stereocenters. The molecule has 1 unspecified atom stereocenters. The number of aliphatic carboxylic acids is 1. The Balaban J connectivity index is 0.000000587. The maximum absolute atomic E-state index is 13.3. The first kappa shape index (κ1) is 32.8. The summed E-state index contributed by atoms with van der Waals surface area (Å²) in [6.45, 7) is 3.16. The zero-order valence-corrected chi connectivity index (χ0v) is 23.5. The number of nitrogens with zero attached hydrogens (tertiary/aromatic N) is 2. The van der Waals surface area contributed by atoms with Gasteiger partial charge in [-0.3, -0.25) is 14.5 Å². The molecule has 230 valence electrons. The number of primary amides is 1. The maximum atomic E-state index is 13.3. The number of carboxylic acid groups (broad SMARTS) is 1. The molecular formula is C29H42F3N3O6. The van der Waals surface area contributed by atoms with Gasteiger partial charge in [0.05, 0.1) is 18.6 Å². The van der Waals surface area contributed by atoms with E-state index in [4.69, 9.17) is 15.6 Å². The third kappa shape index (κ3) is 8.42. The second-order valence-electron chi connectivity index (χ2n) is 11.9. The first-order valence-electron chi connectivity index (χ1n) is 14.3. The molecule has 2 heterocycles. The number of alkyl halides is 3. The van der Waals surface area contributed by atoms with Crippen LogP contribution in [0, 0.1) is 11.3 Å². The summed E-state index contributed by atoms with van der Waals surface area (Å²) in [5, 5.41) is 26.8.